The molecule has 1 atom stereocenters. The van der Waals surface area contributed by atoms with Crippen LogP contribution in [0.4, 0.5) is 0 Å². The highest BCUT2D eigenvalue weighted by atomic mass is 35.5. The summed E-state index contributed by atoms with van der Waals surface area (Å²) in [7, 11) is -1.76. The van der Waals surface area contributed by atoms with Gasteiger partial charge >= 0.3 is 0 Å². The van der Waals surface area contributed by atoms with Gasteiger partial charge in [-0.25, -0.2) is 8.42 Å². The molecule has 0 bridgehead atoms. The van der Waals surface area contributed by atoms with Crippen molar-refractivity contribution in [2.45, 2.75) is 31.2 Å². The first-order valence-corrected chi connectivity index (χ1v) is 9.86. The van der Waals surface area contributed by atoms with Crippen LogP contribution in [0.1, 0.15) is 30.6 Å². The molecule has 6 nitrogen and oxygen atoms in total. The maximum Gasteiger partial charge on any atom is 0.251 e. The fourth-order valence-corrected chi connectivity index (χ4v) is 4.34. The van der Waals surface area contributed by atoms with Gasteiger partial charge < -0.3 is 10.2 Å². The molecule has 1 aromatic rings. The molecular formula is C16H24ClN3O3S. The van der Waals surface area contributed by atoms with E-state index >= 15 is 0 Å². The molecule has 1 N–H and O–H groups in total. The highest BCUT2D eigenvalue weighted by Gasteiger charge is 2.30. The summed E-state index contributed by atoms with van der Waals surface area (Å²) < 4.78 is 27.1. The van der Waals surface area contributed by atoms with E-state index in [0.717, 1.165) is 6.42 Å². The number of amides is 1. The summed E-state index contributed by atoms with van der Waals surface area (Å²) in [5.41, 5.74) is 0.299. The minimum atomic E-state index is -3.71. The van der Waals surface area contributed by atoms with Gasteiger partial charge in [0, 0.05) is 37.8 Å². The molecule has 24 heavy (non-hydrogen) atoms. The van der Waals surface area contributed by atoms with Gasteiger partial charge in [0.2, 0.25) is 10.0 Å². The van der Waals surface area contributed by atoms with Gasteiger partial charge in [-0.1, -0.05) is 18.5 Å². The van der Waals surface area contributed by atoms with Crippen LogP contribution in [0.25, 0.3) is 0 Å². The molecular weight excluding hydrogens is 350 g/mol. The van der Waals surface area contributed by atoms with Gasteiger partial charge in [0.15, 0.2) is 0 Å². The van der Waals surface area contributed by atoms with Gasteiger partial charge in [-0.2, -0.15) is 4.31 Å². The Bertz CT molecular complexity index is 701. The Morgan fingerprint density at radius 3 is 2.50 bits per heavy atom. The molecule has 1 fully saturated rings. The van der Waals surface area contributed by atoms with Gasteiger partial charge in [-0.05, 0) is 38.6 Å². The van der Waals surface area contributed by atoms with Crippen LogP contribution in [0, 0.1) is 0 Å². The topological polar surface area (TPSA) is 69.7 Å². The van der Waals surface area contributed by atoms with E-state index in [4.69, 9.17) is 11.6 Å². The Hall–Kier alpha value is -1.15. The molecule has 1 aliphatic heterocycles. The number of sulfonamides is 1. The third-order valence-corrected chi connectivity index (χ3v) is 6.64. The van der Waals surface area contributed by atoms with Crippen LogP contribution in [0.5, 0.6) is 0 Å². The second-order valence-corrected chi connectivity index (χ2v) is 8.45. The molecule has 8 heteroatoms. The number of benzene rings is 1. The molecule has 0 spiro atoms. The summed E-state index contributed by atoms with van der Waals surface area (Å²) in [6, 6.07) is 4.40. The van der Waals surface area contributed by atoms with Crippen LogP contribution in [-0.4, -0.2) is 62.8 Å². The SMILES string of the molecule is CC[C@H](C)NC(=O)c1ccc(Cl)c(S(=O)(=O)N2CCN(C)CC2)c1. The van der Waals surface area contributed by atoms with Gasteiger partial charge in [0.25, 0.3) is 5.91 Å². The fourth-order valence-electron chi connectivity index (χ4n) is 2.42. The molecule has 1 heterocycles. The Kier molecular flexibility index (Phi) is 6.25. The number of rotatable bonds is 5. The molecule has 0 aliphatic carbocycles. The molecule has 0 unspecified atom stereocenters. The van der Waals surface area contributed by atoms with Crippen molar-refractivity contribution in [3.8, 4) is 0 Å². The first-order valence-electron chi connectivity index (χ1n) is 8.04. The summed E-state index contributed by atoms with van der Waals surface area (Å²) in [5, 5.41) is 2.97. The largest absolute Gasteiger partial charge is 0.350 e. The minimum absolute atomic E-state index is 0.00878. The maximum atomic E-state index is 12.9. The molecule has 0 aromatic heterocycles. The van der Waals surface area contributed by atoms with Crippen LogP contribution in [0.15, 0.2) is 23.1 Å². The predicted octanol–water partition coefficient (Wildman–Crippen LogP) is 1.80. The Balaban J connectivity index is 2.29. The third kappa shape index (κ3) is 4.27. The summed E-state index contributed by atoms with van der Waals surface area (Å²) in [6.07, 6.45) is 0.797. The lowest BCUT2D eigenvalue weighted by Crippen LogP contribution is -2.47. The lowest BCUT2D eigenvalue weighted by molar-refractivity contribution is 0.0939. The monoisotopic (exact) mass is 373 g/mol. The van der Waals surface area contributed by atoms with Gasteiger partial charge in [0.05, 0.1) is 5.02 Å². The zero-order valence-corrected chi connectivity index (χ0v) is 15.8. The first-order chi connectivity index (χ1) is 11.3. The van der Waals surface area contributed by atoms with E-state index in [0.29, 0.717) is 31.7 Å². The van der Waals surface area contributed by atoms with Crippen molar-refractivity contribution in [2.24, 2.45) is 0 Å². The highest BCUT2D eigenvalue weighted by molar-refractivity contribution is 7.89. The van der Waals surface area contributed by atoms with Crippen LogP contribution in [0.3, 0.4) is 0 Å². The van der Waals surface area contributed by atoms with Crippen LogP contribution in [-0.2, 0) is 10.0 Å². The summed E-state index contributed by atoms with van der Waals surface area (Å²) in [5.74, 6) is -0.296. The average molecular weight is 374 g/mol. The predicted molar refractivity (Wildman–Crippen MR) is 94.9 cm³/mol. The zero-order valence-electron chi connectivity index (χ0n) is 14.3. The van der Waals surface area contributed by atoms with E-state index in [1.807, 2.05) is 20.9 Å². The van der Waals surface area contributed by atoms with Crippen molar-refractivity contribution < 1.29 is 13.2 Å². The smallest absolute Gasteiger partial charge is 0.251 e. The third-order valence-electron chi connectivity index (χ3n) is 4.26. The van der Waals surface area contributed by atoms with E-state index in [2.05, 4.69) is 10.2 Å². The average Bonchev–Trinajstić information content (AvgIpc) is 2.55. The second kappa shape index (κ2) is 7.82. The second-order valence-electron chi connectivity index (χ2n) is 6.14. The number of piperazine rings is 1. The number of carbonyl (C=O) groups excluding carboxylic acids is 1. The van der Waals surface area contributed by atoms with Crippen LogP contribution < -0.4 is 5.32 Å². The maximum absolute atomic E-state index is 12.9. The molecule has 1 amide bonds. The molecule has 1 aliphatic rings. The molecule has 2 rings (SSSR count). The molecule has 134 valence electrons. The molecule has 0 radical (unpaired) electrons. The number of hydrogen-bond acceptors (Lipinski definition) is 4. The van der Waals surface area contributed by atoms with E-state index < -0.39 is 10.0 Å². The Morgan fingerprint density at radius 2 is 1.92 bits per heavy atom. The lowest BCUT2D eigenvalue weighted by atomic mass is 10.2. The number of hydrogen-bond donors (Lipinski definition) is 1. The quantitative estimate of drug-likeness (QED) is 0.854. The number of likely N-dealkylation sites (N-methyl/N-ethyl adjacent to an activating group) is 1. The van der Waals surface area contributed by atoms with Crippen molar-refractivity contribution >= 4 is 27.5 Å². The summed E-state index contributed by atoms with van der Waals surface area (Å²) in [6.45, 7) is 6.04. The van der Waals surface area contributed by atoms with Crippen LogP contribution >= 0.6 is 11.6 Å². The molecule has 1 saturated heterocycles. The summed E-state index contributed by atoms with van der Waals surface area (Å²) >= 11 is 6.12. The van der Waals surface area contributed by atoms with E-state index in [1.165, 1.54) is 16.4 Å². The number of nitrogens with one attached hydrogen (secondary N) is 1. The van der Waals surface area contributed by atoms with Crippen molar-refractivity contribution in [3.05, 3.63) is 28.8 Å². The van der Waals surface area contributed by atoms with Crippen molar-refractivity contribution in [2.75, 3.05) is 33.2 Å². The molecule has 1 aromatic carbocycles. The summed E-state index contributed by atoms with van der Waals surface area (Å²) in [4.78, 5) is 14.3. The number of halogens is 1. The Labute approximate surface area is 148 Å². The highest BCUT2D eigenvalue weighted by Crippen LogP contribution is 2.26. The lowest BCUT2D eigenvalue weighted by Gasteiger charge is -2.31. The standard InChI is InChI=1S/C16H24ClN3O3S/c1-4-12(2)18-16(21)13-5-6-14(17)15(11-13)24(22,23)20-9-7-19(3)8-10-20/h5-6,11-12H,4,7-10H2,1-3H3,(H,18,21)/t12-/m0/s1. The zero-order chi connectivity index (χ0) is 17.9. The number of carbonyl (C=O) groups is 1. The van der Waals surface area contributed by atoms with Gasteiger partial charge in [-0.15, -0.1) is 0 Å². The van der Waals surface area contributed by atoms with E-state index in [-0.39, 0.29) is 21.9 Å². The van der Waals surface area contributed by atoms with Crippen LogP contribution in [0.2, 0.25) is 5.02 Å². The van der Waals surface area contributed by atoms with Crippen molar-refractivity contribution in [1.82, 2.24) is 14.5 Å². The van der Waals surface area contributed by atoms with E-state index in [1.54, 1.807) is 6.07 Å². The number of nitrogens with zero attached hydrogens (tertiary/aromatic N) is 2. The van der Waals surface area contributed by atoms with E-state index in [9.17, 15) is 13.2 Å². The van der Waals surface area contributed by atoms with Gasteiger partial charge in [0.1, 0.15) is 4.90 Å². The first kappa shape index (κ1) is 19.2. The minimum Gasteiger partial charge on any atom is -0.350 e. The fraction of sp³-hybridized carbons (Fsp3) is 0.562. The van der Waals surface area contributed by atoms with Gasteiger partial charge in [-0.3, -0.25) is 4.79 Å². The molecule has 0 saturated carbocycles. The van der Waals surface area contributed by atoms with Crippen molar-refractivity contribution in [3.63, 3.8) is 0 Å². The Morgan fingerprint density at radius 1 is 1.29 bits per heavy atom. The van der Waals surface area contributed by atoms with Crippen molar-refractivity contribution in [1.29, 1.82) is 0 Å². The normalized spacial score (nSPS) is 18.3.